The fourth-order valence-corrected chi connectivity index (χ4v) is 2.15. The number of rotatable bonds is 3. The van der Waals surface area contributed by atoms with Gasteiger partial charge in [-0.3, -0.25) is 9.59 Å². The first-order valence-electron chi connectivity index (χ1n) is 6.57. The Bertz CT molecular complexity index is 450. The molecule has 1 aromatic rings. The molecule has 3 N–H and O–H groups in total. The van der Waals surface area contributed by atoms with Crippen molar-refractivity contribution in [1.82, 2.24) is 5.32 Å². The average molecular weight is 261 g/mol. The molecule has 102 valence electrons. The first-order chi connectivity index (χ1) is 9.15. The summed E-state index contributed by atoms with van der Waals surface area (Å²) in [5.41, 5.74) is 1.47. The largest absolute Gasteiger partial charge is 0.326 e. The summed E-state index contributed by atoms with van der Waals surface area (Å²) in [6, 6.07) is 7.01. The van der Waals surface area contributed by atoms with Gasteiger partial charge in [0.1, 0.15) is 0 Å². The molecule has 0 bridgehead atoms. The van der Waals surface area contributed by atoms with Gasteiger partial charge in [0.2, 0.25) is 11.8 Å². The van der Waals surface area contributed by atoms with E-state index in [1.54, 1.807) is 24.3 Å². The predicted octanol–water partition coefficient (Wildman–Crippen LogP) is 1.73. The lowest BCUT2D eigenvalue weighted by Gasteiger charge is -2.22. The predicted molar refractivity (Wildman–Crippen MR) is 75.0 cm³/mol. The molecule has 5 nitrogen and oxygen atoms in total. The molecule has 1 aromatic carbocycles. The zero-order valence-electron chi connectivity index (χ0n) is 11.0. The van der Waals surface area contributed by atoms with Crippen LogP contribution in [0.2, 0.25) is 0 Å². The Balaban J connectivity index is 1.91. The van der Waals surface area contributed by atoms with Crippen LogP contribution in [0.3, 0.4) is 0 Å². The lowest BCUT2D eigenvalue weighted by molar-refractivity contribution is -0.118. The van der Waals surface area contributed by atoms with Crippen molar-refractivity contribution in [2.45, 2.75) is 32.2 Å². The number of nitrogens with one attached hydrogen (secondary N) is 3. The summed E-state index contributed by atoms with van der Waals surface area (Å²) in [5, 5.41) is 8.77. The molecule has 1 aliphatic heterocycles. The Kier molecular flexibility index (Phi) is 4.52. The number of benzene rings is 1. The molecule has 2 rings (SSSR count). The second-order valence-corrected chi connectivity index (χ2v) is 4.75. The van der Waals surface area contributed by atoms with Gasteiger partial charge in [-0.15, -0.1) is 0 Å². The molecular weight excluding hydrogens is 242 g/mol. The van der Waals surface area contributed by atoms with Crippen LogP contribution in [0.5, 0.6) is 0 Å². The van der Waals surface area contributed by atoms with Gasteiger partial charge in [-0.1, -0.05) is 6.42 Å². The molecule has 1 saturated heterocycles. The smallest absolute Gasteiger partial charge is 0.241 e. The highest BCUT2D eigenvalue weighted by molar-refractivity contribution is 5.95. The minimum absolute atomic E-state index is 0.00646. The van der Waals surface area contributed by atoms with Gasteiger partial charge in [0, 0.05) is 18.3 Å². The van der Waals surface area contributed by atoms with Crippen molar-refractivity contribution in [3.8, 4) is 0 Å². The van der Waals surface area contributed by atoms with Crippen LogP contribution >= 0.6 is 0 Å². The molecule has 0 unspecified atom stereocenters. The van der Waals surface area contributed by atoms with E-state index in [1.807, 2.05) is 0 Å². The summed E-state index contributed by atoms with van der Waals surface area (Å²) in [6.07, 6.45) is 3.11. The van der Waals surface area contributed by atoms with Crippen molar-refractivity contribution in [1.29, 1.82) is 0 Å². The molecule has 0 radical (unpaired) electrons. The average Bonchev–Trinajstić information content (AvgIpc) is 2.41. The van der Waals surface area contributed by atoms with Gasteiger partial charge in [-0.25, -0.2) is 0 Å². The molecule has 0 spiro atoms. The highest BCUT2D eigenvalue weighted by Gasteiger charge is 2.20. The molecule has 0 saturated carbocycles. The van der Waals surface area contributed by atoms with Crippen molar-refractivity contribution in [2.24, 2.45) is 0 Å². The Morgan fingerprint density at radius 2 is 1.74 bits per heavy atom. The minimum atomic E-state index is -0.108. The summed E-state index contributed by atoms with van der Waals surface area (Å²) in [6.45, 7) is 2.37. The maximum atomic E-state index is 12.0. The minimum Gasteiger partial charge on any atom is -0.326 e. The van der Waals surface area contributed by atoms with E-state index in [9.17, 15) is 9.59 Å². The zero-order valence-corrected chi connectivity index (χ0v) is 11.0. The van der Waals surface area contributed by atoms with Gasteiger partial charge in [0.05, 0.1) is 6.04 Å². The second kappa shape index (κ2) is 6.33. The van der Waals surface area contributed by atoms with Crippen molar-refractivity contribution < 1.29 is 9.59 Å². The Labute approximate surface area is 112 Å². The summed E-state index contributed by atoms with van der Waals surface area (Å²) < 4.78 is 0. The molecule has 1 atom stereocenters. The molecule has 1 fully saturated rings. The Morgan fingerprint density at radius 3 is 2.26 bits per heavy atom. The van der Waals surface area contributed by atoms with Gasteiger partial charge in [-0.05, 0) is 43.7 Å². The maximum Gasteiger partial charge on any atom is 0.241 e. The van der Waals surface area contributed by atoms with E-state index in [2.05, 4.69) is 16.0 Å². The number of carbonyl (C=O) groups is 2. The number of piperidine rings is 1. The molecule has 0 aromatic heterocycles. The molecule has 1 aliphatic rings. The molecule has 1 heterocycles. The Morgan fingerprint density at radius 1 is 1.11 bits per heavy atom. The summed E-state index contributed by atoms with van der Waals surface area (Å²) in [4.78, 5) is 22.9. The van der Waals surface area contributed by atoms with Crippen molar-refractivity contribution >= 4 is 23.2 Å². The van der Waals surface area contributed by atoms with E-state index in [0.29, 0.717) is 0 Å². The van der Waals surface area contributed by atoms with Crippen molar-refractivity contribution in [3.63, 3.8) is 0 Å². The van der Waals surface area contributed by atoms with Crippen LogP contribution in [0.15, 0.2) is 24.3 Å². The number of hydrogen-bond acceptors (Lipinski definition) is 3. The fraction of sp³-hybridized carbons (Fsp3) is 0.429. The van der Waals surface area contributed by atoms with Crippen LogP contribution in [-0.4, -0.2) is 24.4 Å². The summed E-state index contributed by atoms with van der Waals surface area (Å²) in [5.74, 6) is -0.102. The van der Waals surface area contributed by atoms with E-state index in [4.69, 9.17) is 0 Å². The third kappa shape index (κ3) is 4.06. The standard InChI is InChI=1S/C14H19N3O2/c1-10(18)16-11-5-7-12(8-6-11)17-14(19)13-4-2-3-9-15-13/h5-8,13,15H,2-4,9H2,1H3,(H,16,18)(H,17,19)/t13-/m1/s1. The van der Waals surface area contributed by atoms with Gasteiger partial charge in [0.15, 0.2) is 0 Å². The van der Waals surface area contributed by atoms with Gasteiger partial charge in [-0.2, -0.15) is 0 Å². The lowest BCUT2D eigenvalue weighted by atomic mass is 10.0. The normalized spacial score (nSPS) is 18.7. The van der Waals surface area contributed by atoms with Gasteiger partial charge < -0.3 is 16.0 Å². The Hall–Kier alpha value is -1.88. The van der Waals surface area contributed by atoms with Crippen molar-refractivity contribution in [3.05, 3.63) is 24.3 Å². The van der Waals surface area contributed by atoms with E-state index in [-0.39, 0.29) is 17.9 Å². The molecular formula is C14H19N3O2. The van der Waals surface area contributed by atoms with Crippen LogP contribution in [0.25, 0.3) is 0 Å². The molecule has 5 heteroatoms. The second-order valence-electron chi connectivity index (χ2n) is 4.75. The van der Waals surface area contributed by atoms with E-state index < -0.39 is 0 Å². The van der Waals surface area contributed by atoms with Crippen LogP contribution in [0, 0.1) is 0 Å². The lowest BCUT2D eigenvalue weighted by Crippen LogP contribution is -2.43. The highest BCUT2D eigenvalue weighted by atomic mass is 16.2. The van der Waals surface area contributed by atoms with Gasteiger partial charge in [0.25, 0.3) is 0 Å². The van der Waals surface area contributed by atoms with Crippen LogP contribution in [-0.2, 0) is 9.59 Å². The van der Waals surface area contributed by atoms with E-state index in [1.165, 1.54) is 6.92 Å². The number of hydrogen-bond donors (Lipinski definition) is 3. The molecule has 2 amide bonds. The third-order valence-electron chi connectivity index (χ3n) is 3.10. The van der Waals surface area contributed by atoms with E-state index in [0.717, 1.165) is 37.2 Å². The summed E-state index contributed by atoms with van der Waals surface area (Å²) >= 11 is 0. The first kappa shape index (κ1) is 13.5. The molecule has 19 heavy (non-hydrogen) atoms. The first-order valence-corrected chi connectivity index (χ1v) is 6.57. The maximum absolute atomic E-state index is 12.0. The number of amides is 2. The third-order valence-corrected chi connectivity index (χ3v) is 3.10. The summed E-state index contributed by atoms with van der Waals surface area (Å²) in [7, 11) is 0. The SMILES string of the molecule is CC(=O)Nc1ccc(NC(=O)[C@H]2CCCCN2)cc1. The van der Waals surface area contributed by atoms with E-state index >= 15 is 0 Å². The highest BCUT2D eigenvalue weighted by Crippen LogP contribution is 2.15. The topological polar surface area (TPSA) is 70.2 Å². The monoisotopic (exact) mass is 261 g/mol. The fourth-order valence-electron chi connectivity index (χ4n) is 2.15. The van der Waals surface area contributed by atoms with Crippen LogP contribution < -0.4 is 16.0 Å². The zero-order chi connectivity index (χ0) is 13.7. The number of anilines is 2. The van der Waals surface area contributed by atoms with Crippen molar-refractivity contribution in [2.75, 3.05) is 17.2 Å². The molecule has 0 aliphatic carbocycles. The van der Waals surface area contributed by atoms with Gasteiger partial charge >= 0.3 is 0 Å². The van der Waals surface area contributed by atoms with Crippen LogP contribution in [0.1, 0.15) is 26.2 Å². The number of carbonyl (C=O) groups excluding carboxylic acids is 2. The quantitative estimate of drug-likeness (QED) is 0.776. The van der Waals surface area contributed by atoms with Crippen LogP contribution in [0.4, 0.5) is 11.4 Å².